The Balaban J connectivity index is 1.70. The van der Waals surface area contributed by atoms with Crippen LogP contribution in [-0.2, 0) is 10.1 Å². The molecule has 1 aliphatic rings. The van der Waals surface area contributed by atoms with E-state index >= 15 is 0 Å². The van der Waals surface area contributed by atoms with E-state index in [1.54, 1.807) is 36.1 Å². The van der Waals surface area contributed by atoms with E-state index in [1.807, 2.05) is 4.90 Å². The van der Waals surface area contributed by atoms with Crippen LogP contribution in [0.25, 0.3) is 0 Å². The highest BCUT2D eigenvalue weighted by atomic mass is 35.5. The highest BCUT2D eigenvalue weighted by Gasteiger charge is 2.29. The molecule has 0 N–H and O–H groups in total. The zero-order valence-electron chi connectivity index (χ0n) is 16.6. The van der Waals surface area contributed by atoms with E-state index in [2.05, 4.69) is 6.92 Å². The van der Waals surface area contributed by atoms with Crippen molar-refractivity contribution in [3.05, 3.63) is 53.1 Å². The highest BCUT2D eigenvalue weighted by molar-refractivity contribution is 7.87. The first-order valence-corrected chi connectivity index (χ1v) is 11.5. The lowest BCUT2D eigenvalue weighted by atomic mass is 10.2. The van der Waals surface area contributed by atoms with Crippen molar-refractivity contribution in [3.63, 3.8) is 0 Å². The van der Waals surface area contributed by atoms with Crippen molar-refractivity contribution in [2.45, 2.75) is 38.0 Å². The zero-order chi connectivity index (χ0) is 21.0. The smallest absolute Gasteiger partial charge is 0.339 e. The molecule has 156 valence electrons. The van der Waals surface area contributed by atoms with Gasteiger partial charge in [0.1, 0.15) is 10.6 Å². The standard InChI is InChI=1S/C21H25ClN2O4S/c1-3-4-5-10-23-11-12-24(21(23)25)18-6-8-20(9-7-18)29(26,27)28-19-14-16(2)13-17(22)15-19/h6-9,13-15H,3-5,10-12H2,1-2H3. The summed E-state index contributed by atoms with van der Waals surface area (Å²) in [5, 5.41) is 0.404. The van der Waals surface area contributed by atoms with Crippen LogP contribution in [0.5, 0.6) is 5.75 Å². The normalized spacial score (nSPS) is 14.5. The number of benzene rings is 2. The van der Waals surface area contributed by atoms with Gasteiger partial charge in [-0.05, 0) is 55.3 Å². The molecule has 0 aliphatic carbocycles. The van der Waals surface area contributed by atoms with E-state index in [0.29, 0.717) is 23.8 Å². The number of rotatable bonds is 8. The minimum atomic E-state index is -4.00. The Morgan fingerprint density at radius 3 is 2.45 bits per heavy atom. The molecule has 0 atom stereocenters. The van der Waals surface area contributed by atoms with Crippen LogP contribution in [0.3, 0.4) is 0 Å². The SMILES string of the molecule is CCCCCN1CCN(c2ccc(S(=O)(=O)Oc3cc(C)cc(Cl)c3)cc2)C1=O. The Morgan fingerprint density at radius 2 is 1.79 bits per heavy atom. The van der Waals surface area contributed by atoms with E-state index < -0.39 is 10.1 Å². The van der Waals surface area contributed by atoms with Crippen LogP contribution in [0.4, 0.5) is 10.5 Å². The Kier molecular flexibility index (Phi) is 6.70. The van der Waals surface area contributed by atoms with Crippen LogP contribution < -0.4 is 9.08 Å². The van der Waals surface area contributed by atoms with Crippen molar-refractivity contribution in [2.75, 3.05) is 24.5 Å². The summed E-state index contributed by atoms with van der Waals surface area (Å²) in [6.07, 6.45) is 3.20. The average molecular weight is 437 g/mol. The molecule has 0 bridgehead atoms. The van der Waals surface area contributed by atoms with Gasteiger partial charge in [0, 0.05) is 36.4 Å². The lowest BCUT2D eigenvalue weighted by Gasteiger charge is -2.19. The quantitative estimate of drug-likeness (QED) is 0.438. The molecular formula is C21H25ClN2O4S. The van der Waals surface area contributed by atoms with Gasteiger partial charge in [-0.2, -0.15) is 8.42 Å². The topological polar surface area (TPSA) is 66.9 Å². The number of unbranched alkanes of at least 4 members (excludes halogenated alkanes) is 2. The molecule has 1 aliphatic heterocycles. The molecule has 6 nitrogen and oxygen atoms in total. The van der Waals surface area contributed by atoms with E-state index in [1.165, 1.54) is 18.2 Å². The molecule has 2 aromatic carbocycles. The number of carbonyl (C=O) groups excluding carboxylic acids is 1. The summed E-state index contributed by atoms with van der Waals surface area (Å²) in [7, 11) is -4.00. The molecule has 1 heterocycles. The summed E-state index contributed by atoms with van der Waals surface area (Å²) in [5.74, 6) is 0.163. The third-order valence-electron chi connectivity index (χ3n) is 4.79. The second kappa shape index (κ2) is 9.05. The van der Waals surface area contributed by atoms with Crippen LogP contribution in [0, 0.1) is 6.92 Å². The van der Waals surface area contributed by atoms with Gasteiger partial charge in [-0.15, -0.1) is 0 Å². The van der Waals surface area contributed by atoms with E-state index in [9.17, 15) is 13.2 Å². The van der Waals surface area contributed by atoms with Gasteiger partial charge in [-0.1, -0.05) is 31.4 Å². The van der Waals surface area contributed by atoms with Crippen molar-refractivity contribution in [3.8, 4) is 5.75 Å². The fourth-order valence-electron chi connectivity index (χ4n) is 3.30. The Bertz CT molecular complexity index is 956. The number of nitrogens with zero attached hydrogens (tertiary/aromatic N) is 2. The predicted octanol–water partition coefficient (Wildman–Crippen LogP) is 4.85. The fraction of sp³-hybridized carbons (Fsp3) is 0.381. The van der Waals surface area contributed by atoms with Crippen LogP contribution in [0.2, 0.25) is 5.02 Å². The maximum atomic E-state index is 12.6. The maximum absolute atomic E-state index is 12.6. The van der Waals surface area contributed by atoms with Gasteiger partial charge in [-0.3, -0.25) is 4.90 Å². The monoisotopic (exact) mass is 436 g/mol. The second-order valence-corrected chi connectivity index (χ2v) is 9.11. The van der Waals surface area contributed by atoms with Crippen LogP contribution in [0.1, 0.15) is 31.7 Å². The van der Waals surface area contributed by atoms with Crippen LogP contribution in [0.15, 0.2) is 47.4 Å². The summed E-state index contributed by atoms with van der Waals surface area (Å²) in [6, 6.07) is 10.9. The number of halogens is 1. The van der Waals surface area contributed by atoms with Gasteiger partial charge in [-0.25, -0.2) is 4.79 Å². The van der Waals surface area contributed by atoms with Crippen LogP contribution >= 0.6 is 11.6 Å². The summed E-state index contributed by atoms with van der Waals surface area (Å²) < 4.78 is 30.3. The number of carbonyl (C=O) groups is 1. The first kappa shape index (κ1) is 21.5. The van der Waals surface area contributed by atoms with Crippen molar-refractivity contribution in [2.24, 2.45) is 0 Å². The highest BCUT2D eigenvalue weighted by Crippen LogP contribution is 2.26. The molecular weight excluding hydrogens is 412 g/mol. The lowest BCUT2D eigenvalue weighted by Crippen LogP contribution is -2.32. The van der Waals surface area contributed by atoms with Crippen molar-refractivity contribution in [1.29, 1.82) is 0 Å². The Hall–Kier alpha value is -2.25. The molecule has 1 saturated heterocycles. The molecule has 0 aromatic heterocycles. The van der Waals surface area contributed by atoms with Gasteiger partial charge < -0.3 is 9.08 Å². The number of hydrogen-bond donors (Lipinski definition) is 0. The molecule has 0 unspecified atom stereocenters. The molecule has 0 radical (unpaired) electrons. The molecule has 2 amide bonds. The van der Waals surface area contributed by atoms with E-state index in [0.717, 1.165) is 31.4 Å². The second-order valence-electron chi connectivity index (χ2n) is 7.12. The first-order valence-electron chi connectivity index (χ1n) is 9.68. The van der Waals surface area contributed by atoms with E-state index in [4.69, 9.17) is 15.8 Å². The predicted molar refractivity (Wildman–Crippen MR) is 114 cm³/mol. The largest absolute Gasteiger partial charge is 0.379 e. The van der Waals surface area contributed by atoms with Gasteiger partial charge in [0.25, 0.3) is 0 Å². The van der Waals surface area contributed by atoms with Crippen LogP contribution in [-0.4, -0.2) is 39.0 Å². The summed E-state index contributed by atoms with van der Waals surface area (Å²) in [6.45, 7) is 5.96. The number of anilines is 1. The number of aryl methyl sites for hydroxylation is 1. The van der Waals surface area contributed by atoms with Gasteiger partial charge in [0.2, 0.25) is 0 Å². The minimum absolute atomic E-state index is 0.0188. The molecule has 8 heteroatoms. The third-order valence-corrected chi connectivity index (χ3v) is 6.26. The summed E-state index contributed by atoms with van der Waals surface area (Å²) in [5.41, 5.74) is 1.47. The fourth-order valence-corrected chi connectivity index (χ4v) is 4.50. The molecule has 0 saturated carbocycles. The van der Waals surface area contributed by atoms with Gasteiger partial charge in [0.05, 0.1) is 0 Å². The minimum Gasteiger partial charge on any atom is -0.379 e. The Labute approximate surface area is 177 Å². The molecule has 3 rings (SSSR count). The number of urea groups is 1. The molecule has 29 heavy (non-hydrogen) atoms. The van der Waals surface area contributed by atoms with E-state index in [-0.39, 0.29) is 16.7 Å². The lowest BCUT2D eigenvalue weighted by molar-refractivity contribution is 0.219. The third kappa shape index (κ3) is 5.22. The Morgan fingerprint density at radius 1 is 1.07 bits per heavy atom. The molecule has 0 spiro atoms. The van der Waals surface area contributed by atoms with Crippen molar-refractivity contribution in [1.82, 2.24) is 4.90 Å². The first-order chi connectivity index (χ1) is 13.8. The molecule has 2 aromatic rings. The van der Waals surface area contributed by atoms with Crippen molar-refractivity contribution >= 4 is 33.4 Å². The van der Waals surface area contributed by atoms with Crippen molar-refractivity contribution < 1.29 is 17.4 Å². The number of hydrogen-bond acceptors (Lipinski definition) is 4. The van der Waals surface area contributed by atoms with Gasteiger partial charge >= 0.3 is 16.1 Å². The average Bonchev–Trinajstić information content (AvgIpc) is 3.01. The summed E-state index contributed by atoms with van der Waals surface area (Å²) in [4.78, 5) is 16.1. The summed E-state index contributed by atoms with van der Waals surface area (Å²) >= 11 is 5.97. The molecule has 1 fully saturated rings. The zero-order valence-corrected chi connectivity index (χ0v) is 18.2. The van der Waals surface area contributed by atoms with Gasteiger partial charge in [0.15, 0.2) is 0 Å². The maximum Gasteiger partial charge on any atom is 0.339 e. The number of amides is 2.